The molecule has 1 aromatic carbocycles. The first-order valence-corrected chi connectivity index (χ1v) is 6.16. The number of aliphatic hydroxyl groups is 1. The number of nitrogens with two attached hydrogens (primary N) is 1. The summed E-state index contributed by atoms with van der Waals surface area (Å²) in [4.78, 5) is 0. The van der Waals surface area contributed by atoms with Gasteiger partial charge in [-0.25, -0.2) is 0 Å². The molecule has 1 unspecified atom stereocenters. The number of rotatable bonds is 6. The van der Waals surface area contributed by atoms with Crippen molar-refractivity contribution in [1.82, 2.24) is 0 Å². The van der Waals surface area contributed by atoms with E-state index in [0.717, 1.165) is 17.7 Å². The first-order chi connectivity index (χ1) is 8.10. The number of hydrogen-bond acceptors (Lipinski definition) is 3. The van der Waals surface area contributed by atoms with Gasteiger partial charge >= 0.3 is 0 Å². The van der Waals surface area contributed by atoms with E-state index in [4.69, 9.17) is 10.5 Å². The van der Waals surface area contributed by atoms with Gasteiger partial charge in [-0.15, -0.1) is 0 Å². The average molecular weight is 237 g/mol. The number of benzene rings is 1. The molecule has 0 saturated heterocycles. The highest BCUT2D eigenvalue weighted by Crippen LogP contribution is 2.31. The predicted molar refractivity (Wildman–Crippen MR) is 70.3 cm³/mol. The van der Waals surface area contributed by atoms with Crippen LogP contribution in [0.15, 0.2) is 18.2 Å². The van der Waals surface area contributed by atoms with Crippen LogP contribution in [0.5, 0.6) is 5.75 Å². The van der Waals surface area contributed by atoms with Crippen molar-refractivity contribution in [2.24, 2.45) is 5.73 Å². The summed E-state index contributed by atoms with van der Waals surface area (Å²) in [5, 5.41) is 10.1. The molecule has 1 atom stereocenters. The van der Waals surface area contributed by atoms with Crippen LogP contribution >= 0.6 is 0 Å². The molecule has 0 amide bonds. The Morgan fingerprint density at radius 3 is 2.59 bits per heavy atom. The maximum atomic E-state index is 10.1. The van der Waals surface area contributed by atoms with Gasteiger partial charge in [-0.05, 0) is 43.0 Å². The Balaban J connectivity index is 2.96. The zero-order valence-corrected chi connectivity index (χ0v) is 10.9. The Labute approximate surface area is 104 Å². The molecule has 0 bridgehead atoms. The smallest absolute Gasteiger partial charge is 0.124 e. The Bertz CT molecular complexity index is 350. The zero-order valence-electron chi connectivity index (χ0n) is 10.9. The fourth-order valence-corrected chi connectivity index (χ4v) is 1.84. The van der Waals surface area contributed by atoms with Crippen molar-refractivity contribution in [2.75, 3.05) is 13.7 Å². The molecule has 0 spiro atoms. The van der Waals surface area contributed by atoms with Gasteiger partial charge in [0.1, 0.15) is 5.75 Å². The zero-order chi connectivity index (χ0) is 12.8. The third-order valence-corrected chi connectivity index (χ3v) is 2.96. The third-order valence-electron chi connectivity index (χ3n) is 2.96. The van der Waals surface area contributed by atoms with Crippen molar-refractivity contribution in [3.05, 3.63) is 29.3 Å². The van der Waals surface area contributed by atoms with Gasteiger partial charge in [-0.1, -0.05) is 19.9 Å². The normalized spacial score (nSPS) is 12.8. The van der Waals surface area contributed by atoms with Gasteiger partial charge in [-0.3, -0.25) is 0 Å². The molecule has 1 rings (SSSR count). The van der Waals surface area contributed by atoms with E-state index < -0.39 is 6.10 Å². The molecule has 1 aromatic rings. The lowest BCUT2D eigenvalue weighted by Gasteiger charge is -2.17. The van der Waals surface area contributed by atoms with Crippen molar-refractivity contribution in [2.45, 2.75) is 38.7 Å². The molecule has 0 aliphatic carbocycles. The highest BCUT2D eigenvalue weighted by molar-refractivity contribution is 5.39. The fourth-order valence-electron chi connectivity index (χ4n) is 1.84. The minimum absolute atomic E-state index is 0.446. The summed E-state index contributed by atoms with van der Waals surface area (Å²) in [5.74, 6) is 1.19. The van der Waals surface area contributed by atoms with Crippen LogP contribution in [0.2, 0.25) is 0 Å². The standard InChI is InChI=1S/C14H23NO2/c1-10(2)11-6-7-14(17-3)12(9-11)13(16)5-4-8-15/h6-7,9-10,13,16H,4-5,8,15H2,1-3H3. The van der Waals surface area contributed by atoms with E-state index in [-0.39, 0.29) is 0 Å². The van der Waals surface area contributed by atoms with Crippen LogP contribution in [-0.4, -0.2) is 18.8 Å². The molecule has 3 heteroatoms. The first-order valence-electron chi connectivity index (χ1n) is 6.16. The molecular formula is C14H23NO2. The van der Waals surface area contributed by atoms with Gasteiger partial charge in [0.15, 0.2) is 0 Å². The summed E-state index contributed by atoms with van der Waals surface area (Å²) >= 11 is 0. The Morgan fingerprint density at radius 1 is 1.35 bits per heavy atom. The number of methoxy groups -OCH3 is 1. The topological polar surface area (TPSA) is 55.5 Å². The van der Waals surface area contributed by atoms with E-state index in [0.29, 0.717) is 18.9 Å². The molecule has 96 valence electrons. The van der Waals surface area contributed by atoms with Gasteiger partial charge in [-0.2, -0.15) is 0 Å². The minimum atomic E-state index is -0.493. The van der Waals surface area contributed by atoms with Crippen molar-refractivity contribution >= 4 is 0 Å². The molecular weight excluding hydrogens is 214 g/mol. The molecule has 0 aromatic heterocycles. The van der Waals surface area contributed by atoms with Gasteiger partial charge < -0.3 is 15.6 Å². The van der Waals surface area contributed by atoms with Crippen LogP contribution < -0.4 is 10.5 Å². The summed E-state index contributed by atoms with van der Waals surface area (Å²) in [6.07, 6.45) is 0.997. The SMILES string of the molecule is COc1ccc(C(C)C)cc1C(O)CCCN. The van der Waals surface area contributed by atoms with Crippen LogP contribution in [0.1, 0.15) is 49.8 Å². The predicted octanol–water partition coefficient (Wildman–Crippen LogP) is 2.59. The van der Waals surface area contributed by atoms with E-state index in [1.807, 2.05) is 18.2 Å². The summed E-state index contributed by atoms with van der Waals surface area (Å²) in [6.45, 7) is 4.87. The van der Waals surface area contributed by atoms with E-state index in [1.165, 1.54) is 5.56 Å². The summed E-state index contributed by atoms with van der Waals surface area (Å²) in [5.41, 5.74) is 7.54. The molecule has 17 heavy (non-hydrogen) atoms. The van der Waals surface area contributed by atoms with Crippen molar-refractivity contribution in [1.29, 1.82) is 0 Å². The van der Waals surface area contributed by atoms with Crippen LogP contribution in [0.25, 0.3) is 0 Å². The van der Waals surface area contributed by atoms with Crippen molar-refractivity contribution in [3.63, 3.8) is 0 Å². The molecule has 3 nitrogen and oxygen atoms in total. The third kappa shape index (κ3) is 3.72. The minimum Gasteiger partial charge on any atom is -0.496 e. The molecule has 0 aliphatic heterocycles. The Hall–Kier alpha value is -1.06. The van der Waals surface area contributed by atoms with Crippen molar-refractivity contribution < 1.29 is 9.84 Å². The Kier molecular flexibility index (Phi) is 5.45. The number of aliphatic hydroxyl groups excluding tert-OH is 1. The number of ether oxygens (including phenoxy) is 1. The van der Waals surface area contributed by atoms with Gasteiger partial charge in [0.05, 0.1) is 13.2 Å². The maximum absolute atomic E-state index is 10.1. The Morgan fingerprint density at radius 2 is 2.06 bits per heavy atom. The van der Waals surface area contributed by atoms with E-state index in [2.05, 4.69) is 13.8 Å². The summed E-state index contributed by atoms with van der Waals surface area (Å²) in [7, 11) is 1.63. The molecule has 0 aliphatic rings. The van der Waals surface area contributed by atoms with Crippen LogP contribution in [0.3, 0.4) is 0 Å². The monoisotopic (exact) mass is 237 g/mol. The largest absolute Gasteiger partial charge is 0.496 e. The van der Waals surface area contributed by atoms with E-state index in [9.17, 15) is 5.11 Å². The van der Waals surface area contributed by atoms with Crippen LogP contribution in [0, 0.1) is 0 Å². The quantitative estimate of drug-likeness (QED) is 0.799. The van der Waals surface area contributed by atoms with Gasteiger partial charge in [0.2, 0.25) is 0 Å². The average Bonchev–Trinajstić information content (AvgIpc) is 2.34. The maximum Gasteiger partial charge on any atom is 0.124 e. The van der Waals surface area contributed by atoms with Crippen LogP contribution in [-0.2, 0) is 0 Å². The fraction of sp³-hybridized carbons (Fsp3) is 0.571. The second-order valence-electron chi connectivity index (χ2n) is 4.60. The van der Waals surface area contributed by atoms with Crippen molar-refractivity contribution in [3.8, 4) is 5.75 Å². The molecule has 0 heterocycles. The van der Waals surface area contributed by atoms with Gasteiger partial charge in [0.25, 0.3) is 0 Å². The van der Waals surface area contributed by atoms with E-state index >= 15 is 0 Å². The van der Waals surface area contributed by atoms with Gasteiger partial charge in [0, 0.05) is 5.56 Å². The van der Waals surface area contributed by atoms with E-state index in [1.54, 1.807) is 7.11 Å². The first kappa shape index (κ1) is 14.0. The highest BCUT2D eigenvalue weighted by atomic mass is 16.5. The molecule has 3 N–H and O–H groups in total. The van der Waals surface area contributed by atoms with Crippen LogP contribution in [0.4, 0.5) is 0 Å². The highest BCUT2D eigenvalue weighted by Gasteiger charge is 2.14. The second kappa shape index (κ2) is 6.62. The summed E-state index contributed by atoms with van der Waals surface area (Å²) in [6, 6.07) is 6.00. The molecule has 0 fully saturated rings. The second-order valence-corrected chi connectivity index (χ2v) is 4.60. The lowest BCUT2D eigenvalue weighted by Crippen LogP contribution is -2.06. The lowest BCUT2D eigenvalue weighted by molar-refractivity contribution is 0.161. The molecule has 0 radical (unpaired) electrons. The molecule has 0 saturated carbocycles. The summed E-state index contributed by atoms with van der Waals surface area (Å²) < 4.78 is 5.29. The number of hydrogen-bond donors (Lipinski definition) is 2. The lowest BCUT2D eigenvalue weighted by atomic mass is 9.96.